The molecule has 0 N–H and O–H groups in total. The molecule has 0 saturated heterocycles. The van der Waals surface area contributed by atoms with Crippen LogP contribution in [0.3, 0.4) is 0 Å². The molecule has 1 aromatic carbocycles. The molecule has 0 spiro atoms. The lowest BCUT2D eigenvalue weighted by atomic mass is 10.1. The van der Waals surface area contributed by atoms with Gasteiger partial charge in [0.15, 0.2) is 0 Å². The highest BCUT2D eigenvalue weighted by molar-refractivity contribution is 4.99. The maximum absolute atomic E-state index is 11.0. The summed E-state index contributed by atoms with van der Waals surface area (Å²) in [4.78, 5) is 14.8. The van der Waals surface area contributed by atoms with E-state index in [0.29, 0.717) is 0 Å². The lowest BCUT2D eigenvalue weighted by Gasteiger charge is -2.06. The third-order valence-corrected chi connectivity index (χ3v) is 4.21. The first-order valence-corrected chi connectivity index (χ1v) is 16.5. The van der Waals surface area contributed by atoms with Gasteiger partial charge < -0.3 is 4.57 Å². The molecule has 0 amide bonds. The Morgan fingerprint density at radius 3 is 1.00 bits per heavy atom. The van der Waals surface area contributed by atoms with Gasteiger partial charge in [0.05, 0.1) is 0 Å². The molecule has 1 aliphatic rings. The molecule has 2 heterocycles. The van der Waals surface area contributed by atoms with Crippen LogP contribution in [0, 0.1) is 23.7 Å². The van der Waals surface area contributed by atoms with Gasteiger partial charge >= 0.3 is 0 Å². The summed E-state index contributed by atoms with van der Waals surface area (Å²) in [5.41, 5.74) is 0.0671. The zero-order chi connectivity index (χ0) is 33.8. The van der Waals surface area contributed by atoms with Gasteiger partial charge in [0.25, 0.3) is 5.56 Å². The highest BCUT2D eigenvalue weighted by atomic mass is 16.1. The maximum atomic E-state index is 11.0. The molecule has 0 radical (unpaired) electrons. The first-order chi connectivity index (χ1) is 20.0. The molecule has 45 heavy (non-hydrogen) atoms. The molecule has 1 fully saturated rings. The van der Waals surface area contributed by atoms with Gasteiger partial charge in [-0.3, -0.25) is 9.78 Å². The van der Waals surface area contributed by atoms with Crippen LogP contribution >= 0.6 is 0 Å². The summed E-state index contributed by atoms with van der Waals surface area (Å²) < 4.78 is 1.69. The Morgan fingerprint density at radius 1 is 0.556 bits per heavy atom. The van der Waals surface area contributed by atoms with Crippen LogP contribution in [0.1, 0.15) is 152 Å². The first-order valence-electron chi connectivity index (χ1n) is 16.5. The third-order valence-electron chi connectivity index (χ3n) is 4.21. The Labute approximate surface area is 286 Å². The molecule has 3 heteroatoms. The van der Waals surface area contributed by atoms with E-state index in [0.717, 1.165) is 23.7 Å². The molecule has 4 rings (SSSR count). The van der Waals surface area contributed by atoms with Gasteiger partial charge in [-0.15, -0.1) is 0 Å². The van der Waals surface area contributed by atoms with E-state index in [-0.39, 0.29) is 33.9 Å². The zero-order valence-electron chi connectivity index (χ0n) is 30.8. The fourth-order valence-corrected chi connectivity index (χ4v) is 2.33. The van der Waals surface area contributed by atoms with E-state index < -0.39 is 0 Å². The van der Waals surface area contributed by atoms with Gasteiger partial charge in [0.1, 0.15) is 0 Å². The summed E-state index contributed by atoms with van der Waals surface area (Å²) in [7, 11) is 0. The van der Waals surface area contributed by atoms with E-state index in [9.17, 15) is 4.79 Å². The Morgan fingerprint density at radius 2 is 0.867 bits per heavy atom. The number of aromatic nitrogens is 2. The fraction of sp³-hybridized carbons (Fsp3) is 0.619. The highest BCUT2D eigenvalue weighted by Crippen LogP contribution is 2.35. The number of pyridine rings is 2. The summed E-state index contributed by atoms with van der Waals surface area (Å²) in [6.45, 7) is 33.6. The fourth-order valence-electron chi connectivity index (χ4n) is 2.33. The summed E-state index contributed by atoms with van der Waals surface area (Å²) >= 11 is 0. The number of nitrogens with zero attached hydrogens (tertiary/aromatic N) is 2. The zero-order valence-corrected chi connectivity index (χ0v) is 30.8. The molecule has 0 unspecified atom stereocenters. The van der Waals surface area contributed by atoms with Gasteiger partial charge in [-0.25, -0.2) is 0 Å². The minimum Gasteiger partial charge on any atom is -0.313 e. The summed E-state index contributed by atoms with van der Waals surface area (Å²) in [5, 5.41) is 0. The molecule has 1 saturated carbocycles. The van der Waals surface area contributed by atoms with Crippen molar-refractivity contribution >= 4 is 0 Å². The second kappa shape index (κ2) is 50.9. The third kappa shape index (κ3) is 65.1. The van der Waals surface area contributed by atoms with Crippen molar-refractivity contribution in [1.29, 1.82) is 0 Å². The van der Waals surface area contributed by atoms with E-state index in [4.69, 9.17) is 0 Å². The van der Waals surface area contributed by atoms with Crippen LogP contribution < -0.4 is 5.56 Å². The predicted molar refractivity (Wildman–Crippen MR) is 215 cm³/mol. The number of benzene rings is 1. The van der Waals surface area contributed by atoms with Crippen LogP contribution in [-0.2, 0) is 0 Å². The van der Waals surface area contributed by atoms with Crippen LogP contribution in [0.5, 0.6) is 0 Å². The Balaban J connectivity index is -0.0000000594. The van der Waals surface area contributed by atoms with Gasteiger partial charge in [0, 0.05) is 30.7 Å². The van der Waals surface area contributed by atoms with Crippen LogP contribution in [0.2, 0.25) is 0 Å². The van der Waals surface area contributed by atoms with Crippen molar-refractivity contribution in [2.24, 2.45) is 23.7 Å². The van der Waals surface area contributed by atoms with Gasteiger partial charge in [0.2, 0.25) is 0 Å². The van der Waals surface area contributed by atoms with Crippen molar-refractivity contribution in [3.8, 4) is 0 Å². The summed E-state index contributed by atoms with van der Waals surface area (Å²) in [5.74, 6) is 3.73. The molecule has 1 aliphatic carbocycles. The van der Waals surface area contributed by atoms with E-state index in [1.807, 2.05) is 116 Å². The molecule has 0 atom stereocenters. The van der Waals surface area contributed by atoms with Gasteiger partial charge in [-0.1, -0.05) is 168 Å². The highest BCUT2D eigenvalue weighted by Gasteiger charge is 2.23. The van der Waals surface area contributed by atoms with Crippen LogP contribution in [0.25, 0.3) is 0 Å². The second-order valence-electron chi connectivity index (χ2n) is 10.8. The van der Waals surface area contributed by atoms with Crippen LogP contribution in [-0.4, -0.2) is 9.55 Å². The largest absolute Gasteiger partial charge is 0.313 e. The van der Waals surface area contributed by atoms with Crippen molar-refractivity contribution in [1.82, 2.24) is 9.55 Å². The minimum atomic E-state index is 0. The smallest absolute Gasteiger partial charge is 0.250 e. The average molecular weight is 633 g/mol. The number of hydrogen-bond acceptors (Lipinski definition) is 2. The molecule has 0 bridgehead atoms. The Hall–Kier alpha value is -2.68. The molecule has 3 nitrogen and oxygen atoms in total. The Kier molecular flexibility index (Phi) is 69.4. The van der Waals surface area contributed by atoms with E-state index in [1.54, 1.807) is 35.3 Å². The standard InChI is InChI=1S/C8H11NO.C6H12.C6H6.C5H5N.2C4H10.3C2H6.3CH4/c1-7(2)9-6-4-3-5-8(9)10;1-5(2)6-3-4-6;2*1-2-4-6-5-3-1;2*1-4(2)3;3*1-2;;;/h3-7H,1-2H3;5-6H,3-4H2,1-2H3;1-6H;1-5H;2*4H,1-3H3;3*1-2H3;3*1H4. The van der Waals surface area contributed by atoms with Crippen LogP contribution in [0.4, 0.5) is 0 Å². The topological polar surface area (TPSA) is 34.9 Å². The monoisotopic (exact) mass is 633 g/mol. The SMILES string of the molecule is C.C.C.CC.CC.CC.CC(C)C.CC(C)C.CC(C)C1CC1.CC(C)n1ccccc1=O.c1ccccc1.c1ccncc1. The van der Waals surface area contributed by atoms with Crippen molar-refractivity contribution in [3.05, 3.63) is 102 Å². The Bertz CT molecular complexity index is 756. The molecular formula is C42H84N2O. The van der Waals surface area contributed by atoms with Crippen molar-refractivity contribution in [3.63, 3.8) is 0 Å². The molecule has 3 aromatic rings. The number of hydrogen-bond donors (Lipinski definition) is 0. The minimum absolute atomic E-state index is 0. The lowest BCUT2D eigenvalue weighted by Crippen LogP contribution is -2.19. The van der Waals surface area contributed by atoms with Gasteiger partial charge in [-0.2, -0.15) is 0 Å². The van der Waals surface area contributed by atoms with Crippen molar-refractivity contribution in [2.75, 3.05) is 0 Å². The van der Waals surface area contributed by atoms with E-state index in [1.165, 1.54) is 12.8 Å². The molecule has 268 valence electrons. The normalized spacial score (nSPS) is 9.42. The lowest BCUT2D eigenvalue weighted by molar-refractivity contribution is 0.563. The second-order valence-corrected chi connectivity index (χ2v) is 10.8. The summed E-state index contributed by atoms with van der Waals surface area (Å²) in [6.07, 6.45) is 8.29. The molecule has 2 aromatic heterocycles. The predicted octanol–water partition coefficient (Wildman–Crippen LogP) is 14.6. The quantitative estimate of drug-likeness (QED) is 0.282. The van der Waals surface area contributed by atoms with Crippen LogP contribution in [0.15, 0.2) is 96.2 Å². The van der Waals surface area contributed by atoms with Crippen molar-refractivity contribution in [2.45, 2.75) is 152 Å². The van der Waals surface area contributed by atoms with Crippen molar-refractivity contribution < 1.29 is 0 Å². The van der Waals surface area contributed by atoms with E-state index in [2.05, 4.69) is 60.4 Å². The van der Waals surface area contributed by atoms with Gasteiger partial charge in [-0.05, 0) is 68.6 Å². The number of rotatable bonds is 2. The molecule has 0 aliphatic heterocycles. The first kappa shape index (κ1) is 61.3. The average Bonchev–Trinajstić information content (AvgIpc) is 3.85. The maximum Gasteiger partial charge on any atom is 0.250 e. The molecular weight excluding hydrogens is 548 g/mol. The van der Waals surface area contributed by atoms with E-state index >= 15 is 0 Å². The summed E-state index contributed by atoms with van der Waals surface area (Å²) in [6, 6.07) is 23.2.